The third kappa shape index (κ3) is 4.10. The number of halogens is 1. The lowest BCUT2D eigenvalue weighted by molar-refractivity contribution is -0.685. The molecule has 0 saturated carbocycles. The van der Waals surface area contributed by atoms with Gasteiger partial charge in [-0.15, -0.1) is 0 Å². The van der Waals surface area contributed by atoms with Crippen LogP contribution in [0.1, 0.15) is 18.7 Å². The van der Waals surface area contributed by atoms with Crippen LogP contribution < -0.4 is 10.2 Å². The molecule has 3 rings (SSSR count). The molecule has 24 heavy (non-hydrogen) atoms. The van der Waals surface area contributed by atoms with Gasteiger partial charge in [0.15, 0.2) is 12.3 Å². The fraction of sp³-hybridized carbons (Fsp3) is 0.389. The molecule has 0 bridgehead atoms. The Morgan fingerprint density at radius 1 is 1.25 bits per heavy atom. The van der Waals surface area contributed by atoms with Crippen molar-refractivity contribution in [2.45, 2.75) is 13.0 Å². The van der Waals surface area contributed by atoms with Crippen molar-refractivity contribution in [2.24, 2.45) is 0 Å². The molecule has 1 aromatic heterocycles. The number of quaternary nitrogens is 1. The Morgan fingerprint density at radius 3 is 2.71 bits per heavy atom. The van der Waals surface area contributed by atoms with E-state index in [1.807, 2.05) is 47.5 Å². The van der Waals surface area contributed by atoms with Crippen molar-refractivity contribution >= 4 is 23.2 Å². The van der Waals surface area contributed by atoms with E-state index >= 15 is 0 Å². The number of anilines is 1. The number of hydrogen-bond acceptors (Lipinski definition) is 3. The number of piperazine rings is 1. The van der Waals surface area contributed by atoms with E-state index in [4.69, 9.17) is 16.0 Å². The first kappa shape index (κ1) is 16.9. The third-order valence-corrected chi connectivity index (χ3v) is 4.68. The molecule has 0 unspecified atom stereocenters. The lowest BCUT2D eigenvalue weighted by Crippen LogP contribution is -2.87. The summed E-state index contributed by atoms with van der Waals surface area (Å²) in [4.78, 5) is 16.6. The van der Waals surface area contributed by atoms with Gasteiger partial charge in [0.1, 0.15) is 6.04 Å². The van der Waals surface area contributed by atoms with Gasteiger partial charge in [-0.25, -0.2) is 0 Å². The molecular weight excluding hydrogens is 326 g/mol. The molecule has 0 spiro atoms. The average molecular weight is 349 g/mol. The van der Waals surface area contributed by atoms with E-state index in [9.17, 15) is 4.79 Å². The first-order valence-electron chi connectivity index (χ1n) is 8.28. The zero-order valence-electron chi connectivity index (χ0n) is 13.8. The van der Waals surface area contributed by atoms with Gasteiger partial charge in [-0.2, -0.15) is 0 Å². The quantitative estimate of drug-likeness (QED) is 0.898. The summed E-state index contributed by atoms with van der Waals surface area (Å²) in [5, 5.41) is 2.76. The first-order valence-corrected chi connectivity index (χ1v) is 8.66. The van der Waals surface area contributed by atoms with E-state index in [-0.39, 0.29) is 11.9 Å². The first-order chi connectivity index (χ1) is 11.6. The minimum absolute atomic E-state index is 0.150. The van der Waals surface area contributed by atoms with Crippen molar-refractivity contribution < 1.29 is 14.5 Å². The molecule has 2 aromatic rings. The number of nitrogens with zero attached hydrogens (tertiary/aromatic N) is 2. The molecule has 1 aliphatic rings. The van der Waals surface area contributed by atoms with Crippen molar-refractivity contribution in [1.29, 1.82) is 0 Å². The number of amides is 1. The van der Waals surface area contributed by atoms with E-state index in [2.05, 4.69) is 11.0 Å². The summed E-state index contributed by atoms with van der Waals surface area (Å²) in [6, 6.07) is 11.8. The molecule has 2 heterocycles. The number of furan rings is 1. The van der Waals surface area contributed by atoms with E-state index in [0.717, 1.165) is 42.6 Å². The van der Waals surface area contributed by atoms with Crippen molar-refractivity contribution in [3.63, 3.8) is 0 Å². The zero-order chi connectivity index (χ0) is 16.9. The predicted octanol–water partition coefficient (Wildman–Crippen LogP) is 1.91. The molecule has 5 nitrogen and oxygen atoms in total. The largest absolute Gasteiger partial charge is 0.463 e. The van der Waals surface area contributed by atoms with Gasteiger partial charge in [-0.05, 0) is 37.3 Å². The van der Waals surface area contributed by atoms with Crippen LogP contribution in [0.3, 0.4) is 0 Å². The fourth-order valence-electron chi connectivity index (χ4n) is 2.96. The van der Waals surface area contributed by atoms with Crippen LogP contribution in [-0.4, -0.2) is 43.5 Å². The molecule has 6 heteroatoms. The Labute approximate surface area is 147 Å². The molecule has 1 atom stereocenters. The van der Waals surface area contributed by atoms with Gasteiger partial charge in [-0.3, -0.25) is 4.79 Å². The topological polar surface area (TPSA) is 53.3 Å². The summed E-state index contributed by atoms with van der Waals surface area (Å²) in [6.45, 7) is 5.64. The van der Waals surface area contributed by atoms with E-state index in [0.29, 0.717) is 6.54 Å². The van der Waals surface area contributed by atoms with Gasteiger partial charge in [0.2, 0.25) is 0 Å². The molecule has 1 fully saturated rings. The summed E-state index contributed by atoms with van der Waals surface area (Å²) in [5.74, 6) is 1.08. The normalized spacial score (nSPS) is 16.2. The molecule has 1 aromatic carbocycles. The second kappa shape index (κ2) is 7.73. The third-order valence-electron chi connectivity index (χ3n) is 4.44. The SMILES string of the molecule is C[C@H]([NH2+]CC(=O)N1CCN(c2cccc(Cl)c2)CC1)c1ccco1. The van der Waals surface area contributed by atoms with Crippen molar-refractivity contribution in [1.82, 2.24) is 4.90 Å². The fourth-order valence-corrected chi connectivity index (χ4v) is 3.14. The highest BCUT2D eigenvalue weighted by Gasteiger charge is 2.23. The second-order valence-electron chi connectivity index (χ2n) is 6.09. The van der Waals surface area contributed by atoms with E-state index < -0.39 is 0 Å². The number of carbonyl (C=O) groups excluding carboxylic acids is 1. The summed E-state index contributed by atoms with van der Waals surface area (Å²) in [7, 11) is 0. The minimum Gasteiger partial charge on any atom is -0.463 e. The molecule has 0 aliphatic carbocycles. The molecule has 1 amide bonds. The number of hydrogen-bond donors (Lipinski definition) is 1. The van der Waals surface area contributed by atoms with Crippen LogP contribution in [0.4, 0.5) is 5.69 Å². The smallest absolute Gasteiger partial charge is 0.277 e. The maximum Gasteiger partial charge on any atom is 0.277 e. The van der Waals surface area contributed by atoms with Crippen molar-refractivity contribution in [3.05, 3.63) is 53.4 Å². The number of benzene rings is 1. The standard InChI is InChI=1S/C18H22ClN3O2/c1-14(17-6-3-11-24-17)20-13-18(23)22-9-7-21(8-10-22)16-5-2-4-15(19)12-16/h2-6,11-12,14,20H,7-10,13H2,1H3/p+1/t14-/m0/s1. The Kier molecular flexibility index (Phi) is 5.43. The predicted molar refractivity (Wildman–Crippen MR) is 94.2 cm³/mol. The van der Waals surface area contributed by atoms with Crippen LogP contribution in [0.2, 0.25) is 5.02 Å². The zero-order valence-corrected chi connectivity index (χ0v) is 14.6. The Bertz CT molecular complexity index is 667. The van der Waals surface area contributed by atoms with Gasteiger partial charge in [0.05, 0.1) is 6.26 Å². The maximum absolute atomic E-state index is 12.4. The number of nitrogens with two attached hydrogens (primary N) is 1. The van der Waals surface area contributed by atoms with Crippen LogP contribution in [0.25, 0.3) is 0 Å². The van der Waals surface area contributed by atoms with Gasteiger partial charge < -0.3 is 19.5 Å². The molecule has 1 aliphatic heterocycles. The highest BCUT2D eigenvalue weighted by molar-refractivity contribution is 6.30. The average Bonchev–Trinajstić information content (AvgIpc) is 3.14. The van der Waals surface area contributed by atoms with Gasteiger partial charge in [0, 0.05) is 36.9 Å². The highest BCUT2D eigenvalue weighted by atomic mass is 35.5. The Morgan fingerprint density at radius 2 is 2.04 bits per heavy atom. The molecule has 1 saturated heterocycles. The number of rotatable bonds is 5. The number of carbonyl (C=O) groups is 1. The lowest BCUT2D eigenvalue weighted by atomic mass is 10.2. The van der Waals surface area contributed by atoms with E-state index in [1.165, 1.54) is 0 Å². The second-order valence-corrected chi connectivity index (χ2v) is 6.53. The Hall–Kier alpha value is -1.98. The maximum atomic E-state index is 12.4. The van der Waals surface area contributed by atoms with Gasteiger partial charge >= 0.3 is 0 Å². The highest BCUT2D eigenvalue weighted by Crippen LogP contribution is 2.20. The summed E-state index contributed by atoms with van der Waals surface area (Å²) < 4.78 is 5.37. The van der Waals surface area contributed by atoms with Crippen LogP contribution in [-0.2, 0) is 4.79 Å². The molecule has 128 valence electrons. The van der Waals surface area contributed by atoms with Crippen LogP contribution in [0.5, 0.6) is 0 Å². The van der Waals surface area contributed by atoms with Crippen LogP contribution in [0, 0.1) is 0 Å². The molecule has 2 N–H and O–H groups in total. The van der Waals surface area contributed by atoms with Crippen LogP contribution >= 0.6 is 11.6 Å². The summed E-state index contributed by atoms with van der Waals surface area (Å²) in [5.41, 5.74) is 1.12. The Balaban J connectivity index is 1.46. The lowest BCUT2D eigenvalue weighted by Gasteiger charge is -2.36. The monoisotopic (exact) mass is 348 g/mol. The summed E-state index contributed by atoms with van der Waals surface area (Å²) >= 11 is 6.05. The van der Waals surface area contributed by atoms with Gasteiger partial charge in [0.25, 0.3) is 5.91 Å². The van der Waals surface area contributed by atoms with E-state index in [1.54, 1.807) is 6.26 Å². The minimum atomic E-state index is 0.150. The van der Waals surface area contributed by atoms with Crippen LogP contribution in [0.15, 0.2) is 47.1 Å². The molecule has 0 radical (unpaired) electrons. The van der Waals surface area contributed by atoms with Crippen molar-refractivity contribution in [3.8, 4) is 0 Å². The van der Waals surface area contributed by atoms with Crippen molar-refractivity contribution in [2.75, 3.05) is 37.6 Å². The summed E-state index contributed by atoms with van der Waals surface area (Å²) in [6.07, 6.45) is 1.66. The van der Waals surface area contributed by atoms with Gasteiger partial charge in [-0.1, -0.05) is 17.7 Å². The molecular formula is C18H23ClN3O2+.